The third kappa shape index (κ3) is 7.08. The van der Waals surface area contributed by atoms with Gasteiger partial charge in [0.05, 0.1) is 39.1 Å². The number of carbonyl (C=O) groups excluding carboxylic acids is 1. The zero-order valence-electron chi connectivity index (χ0n) is 23.4. The van der Waals surface area contributed by atoms with Gasteiger partial charge < -0.3 is 24.8 Å². The molecule has 0 spiro atoms. The zero-order valence-corrected chi connectivity index (χ0v) is 23.4. The Labute approximate surface area is 241 Å². The summed E-state index contributed by atoms with van der Waals surface area (Å²) in [6, 6.07) is 3.73. The quantitative estimate of drug-likeness (QED) is 0.243. The fourth-order valence-corrected chi connectivity index (χ4v) is 5.29. The molecule has 228 valence electrons. The number of rotatable bonds is 14. The minimum absolute atomic E-state index is 0.0423. The number of amides is 1. The van der Waals surface area contributed by atoms with Gasteiger partial charge in [0.25, 0.3) is 0 Å². The maximum Gasteiger partial charge on any atom is 0.242 e. The number of alkyl halides is 2. The number of aromatic nitrogens is 3. The van der Waals surface area contributed by atoms with Crippen molar-refractivity contribution in [1.29, 1.82) is 0 Å². The van der Waals surface area contributed by atoms with E-state index in [9.17, 15) is 32.6 Å². The highest BCUT2D eigenvalue weighted by molar-refractivity contribution is 5.93. The number of fused-ring (bicyclic) bond motifs is 1. The number of anilines is 1. The molecule has 3 aromatic rings. The number of nitrogens with zero attached hydrogens (tertiary/aromatic N) is 4. The second-order valence-electron chi connectivity index (χ2n) is 10.3. The van der Waals surface area contributed by atoms with Gasteiger partial charge in [0, 0.05) is 49.5 Å². The lowest BCUT2D eigenvalue weighted by atomic mass is 9.97. The fourth-order valence-electron chi connectivity index (χ4n) is 5.29. The number of benzene rings is 1. The highest BCUT2D eigenvalue weighted by Gasteiger charge is 2.29. The van der Waals surface area contributed by atoms with Crippen LogP contribution in [0.5, 0.6) is 5.88 Å². The number of hydrogen-bond acceptors (Lipinski definition) is 7. The summed E-state index contributed by atoms with van der Waals surface area (Å²) in [5, 5.41) is 22.3. The van der Waals surface area contributed by atoms with E-state index in [2.05, 4.69) is 15.3 Å². The zero-order chi connectivity index (χ0) is 30.4. The molecule has 0 radical (unpaired) electrons. The lowest BCUT2D eigenvalue weighted by molar-refractivity contribution is -0.121. The SMILES string of the molecule is COc1ncc(C(CF)CN(CCCF)[C@@H](C)C(=O)Nc2cn3c(n2)CC[C@@H]3c2cc(F)cc(F)c2)cc1C(O)CO. The number of carbonyl (C=O) groups is 1. The van der Waals surface area contributed by atoms with Crippen molar-refractivity contribution >= 4 is 11.7 Å². The number of imidazole rings is 1. The Morgan fingerprint density at radius 2 is 1.98 bits per heavy atom. The van der Waals surface area contributed by atoms with Crippen LogP contribution in [0.2, 0.25) is 0 Å². The first-order valence-corrected chi connectivity index (χ1v) is 13.7. The normalized spacial score (nSPS) is 16.7. The second kappa shape index (κ2) is 14.1. The Bertz CT molecular complexity index is 1350. The molecule has 1 aliphatic heterocycles. The van der Waals surface area contributed by atoms with E-state index in [4.69, 9.17) is 4.74 Å². The molecule has 2 unspecified atom stereocenters. The van der Waals surface area contributed by atoms with Crippen LogP contribution in [0.1, 0.15) is 60.3 Å². The summed E-state index contributed by atoms with van der Waals surface area (Å²) in [4.78, 5) is 23.5. The van der Waals surface area contributed by atoms with E-state index in [1.807, 2.05) is 0 Å². The largest absolute Gasteiger partial charge is 0.481 e. The van der Waals surface area contributed by atoms with Crippen LogP contribution in [0, 0.1) is 11.6 Å². The molecule has 42 heavy (non-hydrogen) atoms. The summed E-state index contributed by atoms with van der Waals surface area (Å²) in [7, 11) is 1.36. The predicted octanol–water partition coefficient (Wildman–Crippen LogP) is 3.87. The summed E-state index contributed by atoms with van der Waals surface area (Å²) in [5.74, 6) is -1.55. The third-order valence-electron chi connectivity index (χ3n) is 7.55. The fraction of sp³-hybridized carbons (Fsp3) is 0.483. The Morgan fingerprint density at radius 3 is 2.62 bits per heavy atom. The first-order valence-electron chi connectivity index (χ1n) is 13.7. The topological polar surface area (TPSA) is 113 Å². The second-order valence-corrected chi connectivity index (χ2v) is 10.3. The number of halogens is 4. The molecular formula is C29H35F4N5O4. The summed E-state index contributed by atoms with van der Waals surface area (Å²) in [5.41, 5.74) is 1.08. The average molecular weight is 594 g/mol. The average Bonchev–Trinajstić information content (AvgIpc) is 3.56. The van der Waals surface area contributed by atoms with Gasteiger partial charge in [0.2, 0.25) is 11.8 Å². The molecule has 9 nitrogen and oxygen atoms in total. The van der Waals surface area contributed by atoms with Crippen LogP contribution in [0.4, 0.5) is 23.4 Å². The van der Waals surface area contributed by atoms with Gasteiger partial charge in [-0.25, -0.2) is 18.7 Å². The molecule has 1 amide bonds. The maximum absolute atomic E-state index is 14.3. The number of aliphatic hydroxyl groups is 2. The van der Waals surface area contributed by atoms with Gasteiger partial charge >= 0.3 is 0 Å². The highest BCUT2D eigenvalue weighted by Crippen LogP contribution is 2.34. The van der Waals surface area contributed by atoms with E-state index < -0.39 is 55.6 Å². The van der Waals surface area contributed by atoms with Crippen molar-refractivity contribution in [3.63, 3.8) is 0 Å². The number of hydrogen-bond donors (Lipinski definition) is 3. The molecular weight excluding hydrogens is 558 g/mol. The van der Waals surface area contributed by atoms with Crippen LogP contribution in [0.3, 0.4) is 0 Å². The standard InChI is InChI=1S/C29H35F4N5O4/c1-17(28(41)36-26-15-38-24(4-5-27(38)35-26)18-8-21(32)11-22(33)9-18)37(7-3-6-30)14-20(12-31)19-10-23(25(40)16-39)29(42-2)34-13-19/h8-11,13,15,17,20,24-25,39-40H,3-7,12,14,16H2,1-2H3,(H,36,41)/t17-,20?,24+,25?/m0/s1. The Balaban J connectivity index is 1.50. The number of aliphatic hydroxyl groups excluding tert-OH is 2. The Kier molecular flexibility index (Phi) is 10.5. The lowest BCUT2D eigenvalue weighted by Crippen LogP contribution is -2.45. The molecule has 0 saturated carbocycles. The van der Waals surface area contributed by atoms with Gasteiger partial charge in [0.1, 0.15) is 23.6 Å². The van der Waals surface area contributed by atoms with E-state index in [1.165, 1.54) is 31.5 Å². The number of nitrogens with one attached hydrogen (secondary N) is 1. The van der Waals surface area contributed by atoms with Crippen molar-refractivity contribution in [1.82, 2.24) is 19.4 Å². The van der Waals surface area contributed by atoms with Crippen LogP contribution in [0.25, 0.3) is 0 Å². The molecule has 13 heteroatoms. The first kappa shape index (κ1) is 31.4. The van der Waals surface area contributed by atoms with Gasteiger partial charge in [-0.1, -0.05) is 0 Å². The van der Waals surface area contributed by atoms with Gasteiger partial charge in [0.15, 0.2) is 5.82 Å². The molecule has 4 atom stereocenters. The summed E-state index contributed by atoms with van der Waals surface area (Å²) < 4.78 is 62.0. The maximum atomic E-state index is 14.3. The molecule has 0 aliphatic carbocycles. The molecule has 2 aromatic heterocycles. The van der Waals surface area contributed by atoms with E-state index in [0.29, 0.717) is 29.8 Å². The molecule has 0 saturated heterocycles. The molecule has 4 rings (SSSR count). The van der Waals surface area contributed by atoms with Gasteiger partial charge in [-0.15, -0.1) is 0 Å². The van der Waals surface area contributed by atoms with Crippen molar-refractivity contribution in [3.05, 3.63) is 70.8 Å². The number of aryl methyl sites for hydroxylation is 1. The van der Waals surface area contributed by atoms with Crippen molar-refractivity contribution in [2.75, 3.05) is 45.5 Å². The van der Waals surface area contributed by atoms with Crippen LogP contribution in [-0.2, 0) is 11.2 Å². The smallest absolute Gasteiger partial charge is 0.242 e. The van der Waals surface area contributed by atoms with Crippen molar-refractivity contribution in [2.24, 2.45) is 0 Å². The minimum Gasteiger partial charge on any atom is -0.481 e. The number of methoxy groups -OCH3 is 1. The summed E-state index contributed by atoms with van der Waals surface area (Å²) in [6.45, 7) is -0.196. The minimum atomic E-state index is -1.28. The van der Waals surface area contributed by atoms with Crippen molar-refractivity contribution in [3.8, 4) is 5.88 Å². The van der Waals surface area contributed by atoms with E-state index in [0.717, 1.165) is 6.07 Å². The van der Waals surface area contributed by atoms with Gasteiger partial charge in [-0.2, -0.15) is 0 Å². The van der Waals surface area contributed by atoms with E-state index in [1.54, 1.807) is 22.6 Å². The number of ether oxygens (including phenoxy) is 1. The van der Waals surface area contributed by atoms with Crippen molar-refractivity contribution in [2.45, 2.75) is 50.3 Å². The Morgan fingerprint density at radius 1 is 1.24 bits per heavy atom. The summed E-state index contributed by atoms with van der Waals surface area (Å²) in [6.07, 6.45) is 3.02. The van der Waals surface area contributed by atoms with Gasteiger partial charge in [-0.3, -0.25) is 18.5 Å². The molecule has 1 aromatic carbocycles. The van der Waals surface area contributed by atoms with Crippen LogP contribution in [0.15, 0.2) is 36.7 Å². The Hall–Kier alpha value is -3.55. The van der Waals surface area contributed by atoms with E-state index in [-0.39, 0.29) is 42.8 Å². The van der Waals surface area contributed by atoms with E-state index >= 15 is 0 Å². The predicted molar refractivity (Wildman–Crippen MR) is 147 cm³/mol. The molecule has 1 aliphatic rings. The highest BCUT2D eigenvalue weighted by atomic mass is 19.1. The van der Waals surface area contributed by atoms with Crippen molar-refractivity contribution < 1.29 is 37.3 Å². The van der Waals surface area contributed by atoms with Crippen LogP contribution < -0.4 is 10.1 Å². The monoisotopic (exact) mass is 593 g/mol. The molecule has 3 heterocycles. The third-order valence-corrected chi connectivity index (χ3v) is 7.55. The van der Waals surface area contributed by atoms with Crippen LogP contribution in [-0.4, -0.2) is 81.8 Å². The summed E-state index contributed by atoms with van der Waals surface area (Å²) >= 11 is 0. The van der Waals surface area contributed by atoms with Crippen LogP contribution >= 0.6 is 0 Å². The lowest BCUT2D eigenvalue weighted by Gasteiger charge is -2.31. The molecule has 3 N–H and O–H groups in total. The van der Waals surface area contributed by atoms with Gasteiger partial charge in [-0.05, 0) is 49.1 Å². The number of pyridine rings is 1. The molecule has 0 bridgehead atoms. The molecule has 0 fully saturated rings. The first-order chi connectivity index (χ1) is 20.2.